The van der Waals surface area contributed by atoms with Crippen molar-refractivity contribution in [3.63, 3.8) is 0 Å². The van der Waals surface area contributed by atoms with Gasteiger partial charge in [0.25, 0.3) is 0 Å². The minimum atomic E-state index is 0.772. The molecule has 3 N–H and O–H groups in total. The average molecular weight is 222 g/mol. The zero-order chi connectivity index (χ0) is 10.7. The molecule has 1 heterocycles. The van der Waals surface area contributed by atoms with Crippen molar-refractivity contribution in [3.05, 3.63) is 23.8 Å². The van der Waals surface area contributed by atoms with E-state index in [1.807, 2.05) is 17.8 Å². The summed E-state index contributed by atoms with van der Waals surface area (Å²) in [5, 5.41) is 4.16. The summed E-state index contributed by atoms with van der Waals surface area (Å²) in [7, 11) is 0. The van der Waals surface area contributed by atoms with Crippen molar-refractivity contribution >= 4 is 17.4 Å². The normalized spacial score (nSPS) is 17.9. The smallest absolute Gasteiger partial charge is 0.0344 e. The number of benzene rings is 1. The van der Waals surface area contributed by atoms with Gasteiger partial charge in [0.05, 0.1) is 0 Å². The monoisotopic (exact) mass is 222 g/mol. The van der Waals surface area contributed by atoms with Crippen LogP contribution >= 0.6 is 11.8 Å². The highest BCUT2D eigenvalue weighted by Gasteiger charge is 2.14. The third-order valence-corrected chi connectivity index (χ3v) is 4.16. The lowest BCUT2D eigenvalue weighted by Crippen LogP contribution is -2.29. The molecule has 1 aromatic carbocycles. The van der Waals surface area contributed by atoms with Gasteiger partial charge in [0.2, 0.25) is 0 Å². The number of nitrogens with one attached hydrogen (secondary N) is 1. The second-order valence-electron chi connectivity index (χ2n) is 4.09. The quantitative estimate of drug-likeness (QED) is 0.755. The molecule has 2 rings (SSSR count). The van der Waals surface area contributed by atoms with Gasteiger partial charge in [-0.05, 0) is 56.6 Å². The Kier molecular flexibility index (Phi) is 3.54. The number of hydrogen-bond acceptors (Lipinski definition) is 3. The van der Waals surface area contributed by atoms with Crippen molar-refractivity contribution in [2.75, 3.05) is 18.8 Å². The third-order valence-electron chi connectivity index (χ3n) is 2.83. The van der Waals surface area contributed by atoms with E-state index in [4.69, 9.17) is 5.73 Å². The molecule has 82 valence electrons. The van der Waals surface area contributed by atoms with Crippen LogP contribution < -0.4 is 11.1 Å². The van der Waals surface area contributed by atoms with Crippen molar-refractivity contribution in [2.24, 2.45) is 0 Å². The summed E-state index contributed by atoms with van der Waals surface area (Å²) >= 11 is 1.99. The first-order chi connectivity index (χ1) is 7.25. The Labute approximate surface area is 95.6 Å². The Bertz CT molecular complexity index is 332. The van der Waals surface area contributed by atoms with Gasteiger partial charge in [-0.2, -0.15) is 0 Å². The van der Waals surface area contributed by atoms with E-state index in [-0.39, 0.29) is 0 Å². The molecule has 0 aromatic heterocycles. The minimum absolute atomic E-state index is 0.772. The maximum Gasteiger partial charge on any atom is 0.0344 e. The molecule has 1 aliphatic rings. The fourth-order valence-corrected chi connectivity index (χ4v) is 3.07. The Morgan fingerprint density at radius 3 is 2.73 bits per heavy atom. The molecule has 2 nitrogen and oxygen atoms in total. The predicted octanol–water partition coefficient (Wildman–Crippen LogP) is 2.42. The van der Waals surface area contributed by atoms with E-state index in [0.717, 1.165) is 24.0 Å². The first-order valence-electron chi connectivity index (χ1n) is 5.49. The third kappa shape index (κ3) is 2.89. The largest absolute Gasteiger partial charge is 0.399 e. The van der Waals surface area contributed by atoms with Crippen LogP contribution in [0, 0.1) is 6.92 Å². The molecular formula is C12H18N2S. The Morgan fingerprint density at radius 1 is 1.33 bits per heavy atom. The molecular weight excluding hydrogens is 204 g/mol. The standard InChI is InChI=1S/C12H18N2S/c1-9-8-11(2-3-12(9)13)15-10-4-6-14-7-5-10/h2-3,8,10,14H,4-7,13H2,1H3. The average Bonchev–Trinajstić information content (AvgIpc) is 2.25. The van der Waals surface area contributed by atoms with E-state index in [9.17, 15) is 0 Å². The van der Waals surface area contributed by atoms with Crippen molar-refractivity contribution in [1.82, 2.24) is 5.32 Å². The first-order valence-corrected chi connectivity index (χ1v) is 6.37. The van der Waals surface area contributed by atoms with Gasteiger partial charge in [0.15, 0.2) is 0 Å². The lowest BCUT2D eigenvalue weighted by atomic mass is 10.2. The molecule has 0 amide bonds. The Hall–Kier alpha value is -0.670. The molecule has 1 aliphatic heterocycles. The topological polar surface area (TPSA) is 38.0 Å². The van der Waals surface area contributed by atoms with E-state index >= 15 is 0 Å². The molecule has 0 spiro atoms. The molecule has 1 saturated heterocycles. The van der Waals surface area contributed by atoms with Crippen LogP contribution in [0.1, 0.15) is 18.4 Å². The van der Waals surface area contributed by atoms with Gasteiger partial charge in [-0.3, -0.25) is 0 Å². The molecule has 0 bridgehead atoms. The van der Waals surface area contributed by atoms with E-state index in [0.29, 0.717) is 0 Å². The fourth-order valence-electron chi connectivity index (χ4n) is 1.83. The van der Waals surface area contributed by atoms with Crippen LogP contribution in [-0.4, -0.2) is 18.3 Å². The van der Waals surface area contributed by atoms with E-state index in [1.165, 1.54) is 23.3 Å². The van der Waals surface area contributed by atoms with Crippen molar-refractivity contribution in [3.8, 4) is 0 Å². The first kappa shape index (κ1) is 10.8. The Morgan fingerprint density at radius 2 is 2.07 bits per heavy atom. The van der Waals surface area contributed by atoms with E-state index in [1.54, 1.807) is 0 Å². The maximum absolute atomic E-state index is 5.80. The van der Waals surface area contributed by atoms with Crippen LogP contribution in [0.5, 0.6) is 0 Å². The SMILES string of the molecule is Cc1cc(SC2CCNCC2)ccc1N. The number of hydrogen-bond donors (Lipinski definition) is 2. The molecule has 3 heteroatoms. The molecule has 0 aliphatic carbocycles. The van der Waals surface area contributed by atoms with E-state index < -0.39 is 0 Å². The second kappa shape index (κ2) is 4.90. The molecule has 0 radical (unpaired) electrons. The fraction of sp³-hybridized carbons (Fsp3) is 0.500. The lowest BCUT2D eigenvalue weighted by Gasteiger charge is -2.22. The number of nitrogens with two attached hydrogens (primary N) is 1. The number of anilines is 1. The predicted molar refractivity (Wildman–Crippen MR) is 67.3 cm³/mol. The summed E-state index contributed by atoms with van der Waals surface area (Å²) in [6.45, 7) is 4.39. The van der Waals surface area contributed by atoms with Crippen molar-refractivity contribution < 1.29 is 0 Å². The van der Waals surface area contributed by atoms with Gasteiger partial charge in [-0.25, -0.2) is 0 Å². The van der Waals surface area contributed by atoms with Crippen LogP contribution in [0.2, 0.25) is 0 Å². The molecule has 1 aromatic rings. The minimum Gasteiger partial charge on any atom is -0.399 e. The van der Waals surface area contributed by atoms with Gasteiger partial charge in [-0.15, -0.1) is 11.8 Å². The number of piperidine rings is 1. The van der Waals surface area contributed by atoms with Crippen LogP contribution in [0.25, 0.3) is 0 Å². The Balaban J connectivity index is 2.00. The molecule has 1 fully saturated rings. The van der Waals surface area contributed by atoms with Crippen LogP contribution in [0.4, 0.5) is 5.69 Å². The summed E-state index contributed by atoms with van der Waals surface area (Å²) in [6, 6.07) is 6.34. The summed E-state index contributed by atoms with van der Waals surface area (Å²) in [4.78, 5) is 1.36. The molecule has 0 saturated carbocycles. The highest BCUT2D eigenvalue weighted by molar-refractivity contribution is 8.00. The zero-order valence-corrected chi connectivity index (χ0v) is 9.94. The van der Waals surface area contributed by atoms with Crippen LogP contribution in [0.3, 0.4) is 0 Å². The van der Waals surface area contributed by atoms with Crippen LogP contribution in [0.15, 0.2) is 23.1 Å². The molecule has 15 heavy (non-hydrogen) atoms. The van der Waals surface area contributed by atoms with Crippen molar-refractivity contribution in [1.29, 1.82) is 0 Å². The van der Waals surface area contributed by atoms with Gasteiger partial charge in [-0.1, -0.05) is 0 Å². The maximum atomic E-state index is 5.80. The van der Waals surface area contributed by atoms with Gasteiger partial charge in [0.1, 0.15) is 0 Å². The number of rotatable bonds is 2. The van der Waals surface area contributed by atoms with Gasteiger partial charge >= 0.3 is 0 Å². The highest BCUT2D eigenvalue weighted by atomic mass is 32.2. The van der Waals surface area contributed by atoms with E-state index in [2.05, 4.69) is 24.4 Å². The number of aryl methyl sites for hydroxylation is 1. The zero-order valence-electron chi connectivity index (χ0n) is 9.12. The summed E-state index contributed by atoms with van der Waals surface area (Å²) in [5.74, 6) is 0. The summed E-state index contributed by atoms with van der Waals surface area (Å²) < 4.78 is 0. The summed E-state index contributed by atoms with van der Waals surface area (Å²) in [6.07, 6.45) is 2.54. The number of thioether (sulfide) groups is 1. The van der Waals surface area contributed by atoms with Gasteiger partial charge < -0.3 is 11.1 Å². The lowest BCUT2D eigenvalue weighted by molar-refractivity contribution is 0.531. The number of nitrogen functional groups attached to an aromatic ring is 1. The van der Waals surface area contributed by atoms with Crippen LogP contribution in [-0.2, 0) is 0 Å². The van der Waals surface area contributed by atoms with Crippen molar-refractivity contribution in [2.45, 2.75) is 29.9 Å². The molecule has 0 unspecified atom stereocenters. The highest BCUT2D eigenvalue weighted by Crippen LogP contribution is 2.30. The second-order valence-corrected chi connectivity index (χ2v) is 5.46. The molecule has 0 atom stereocenters. The summed E-state index contributed by atoms with van der Waals surface area (Å²) in [5.41, 5.74) is 7.88. The van der Waals surface area contributed by atoms with Gasteiger partial charge in [0, 0.05) is 15.8 Å².